The highest BCUT2D eigenvalue weighted by molar-refractivity contribution is 6.07. The van der Waals surface area contributed by atoms with Gasteiger partial charge in [-0.05, 0) is 18.2 Å². The number of halogens is 2. The van der Waals surface area contributed by atoms with Crippen molar-refractivity contribution in [1.29, 1.82) is 0 Å². The molecule has 0 aliphatic rings. The van der Waals surface area contributed by atoms with Gasteiger partial charge in [0.1, 0.15) is 17.2 Å². The molecule has 0 bridgehead atoms. The molecule has 3 aromatic rings. The molecule has 0 aliphatic carbocycles. The van der Waals surface area contributed by atoms with Crippen LogP contribution in [0.25, 0.3) is 11.3 Å². The topological polar surface area (TPSA) is 121 Å². The fraction of sp³-hybridized carbons (Fsp3) is 0.167. The van der Waals surface area contributed by atoms with Crippen LogP contribution in [0.4, 0.5) is 20.2 Å². The summed E-state index contributed by atoms with van der Waals surface area (Å²) in [5, 5.41) is 17.7. The number of hydrogen-bond acceptors (Lipinski definition) is 7. The number of pyridine rings is 1. The first-order valence-electron chi connectivity index (χ1n) is 8.32. The molecule has 0 spiro atoms. The van der Waals surface area contributed by atoms with Crippen LogP contribution in [-0.2, 0) is 7.05 Å². The van der Waals surface area contributed by atoms with Crippen molar-refractivity contribution < 1.29 is 28.0 Å². The van der Waals surface area contributed by atoms with E-state index in [0.717, 1.165) is 4.68 Å². The number of nitro groups is 1. The summed E-state index contributed by atoms with van der Waals surface area (Å²) in [6.45, 7) is 0. The van der Waals surface area contributed by atoms with Gasteiger partial charge in [0, 0.05) is 7.05 Å². The summed E-state index contributed by atoms with van der Waals surface area (Å²) in [4.78, 5) is 26.9. The Bertz CT molecular complexity index is 1130. The van der Waals surface area contributed by atoms with E-state index in [1.54, 1.807) is 6.07 Å². The van der Waals surface area contributed by atoms with Crippen LogP contribution in [0, 0.1) is 21.7 Å². The lowest BCUT2D eigenvalue weighted by atomic mass is 10.1. The molecule has 0 fully saturated rings. The van der Waals surface area contributed by atoms with Gasteiger partial charge in [0.2, 0.25) is 5.69 Å². The normalized spacial score (nSPS) is 10.6. The predicted molar refractivity (Wildman–Crippen MR) is 101 cm³/mol. The third kappa shape index (κ3) is 3.62. The Morgan fingerprint density at radius 1 is 1.20 bits per heavy atom. The first-order valence-corrected chi connectivity index (χ1v) is 8.32. The standard InChI is InChI=1S/C18H15F2N5O5/c1-24-16(10-6-9(29-2)4-5-13(10)30-3)17(25(27)28)15(23-24)18(26)22-14-11(19)7-21-8-12(14)20/h4-8H,1-3H3,(H,21,22,26). The highest BCUT2D eigenvalue weighted by Crippen LogP contribution is 2.40. The van der Waals surface area contributed by atoms with Gasteiger partial charge in [-0.15, -0.1) is 0 Å². The van der Waals surface area contributed by atoms with Gasteiger partial charge in [0.15, 0.2) is 17.3 Å². The fourth-order valence-corrected chi connectivity index (χ4v) is 2.84. The average molecular weight is 419 g/mol. The minimum Gasteiger partial charge on any atom is -0.497 e. The van der Waals surface area contributed by atoms with Crippen LogP contribution in [0.15, 0.2) is 30.6 Å². The van der Waals surface area contributed by atoms with Crippen LogP contribution in [0.2, 0.25) is 0 Å². The molecule has 0 aliphatic heterocycles. The largest absolute Gasteiger partial charge is 0.497 e. The van der Waals surface area contributed by atoms with Gasteiger partial charge in [-0.1, -0.05) is 0 Å². The van der Waals surface area contributed by atoms with E-state index in [4.69, 9.17) is 9.47 Å². The average Bonchev–Trinajstić information content (AvgIpc) is 3.07. The number of carbonyl (C=O) groups is 1. The van der Waals surface area contributed by atoms with Crippen LogP contribution in [0.1, 0.15) is 10.5 Å². The molecule has 0 saturated carbocycles. The molecule has 2 heterocycles. The Hall–Kier alpha value is -4.09. The highest BCUT2D eigenvalue weighted by Gasteiger charge is 2.34. The number of aryl methyl sites for hydroxylation is 1. The number of ether oxygens (including phenoxy) is 2. The van der Waals surface area contributed by atoms with Crippen LogP contribution in [0.5, 0.6) is 11.5 Å². The number of carbonyl (C=O) groups excluding carboxylic acids is 1. The van der Waals surface area contributed by atoms with E-state index in [1.807, 2.05) is 5.32 Å². The zero-order chi connectivity index (χ0) is 22.0. The van der Waals surface area contributed by atoms with Gasteiger partial charge in [-0.25, -0.2) is 8.78 Å². The predicted octanol–water partition coefficient (Wildman–Crippen LogP) is 2.94. The van der Waals surface area contributed by atoms with Crippen molar-refractivity contribution in [3.05, 3.63) is 58.0 Å². The zero-order valence-corrected chi connectivity index (χ0v) is 16.0. The Kier molecular flexibility index (Phi) is 5.58. The van der Waals surface area contributed by atoms with E-state index in [9.17, 15) is 23.7 Å². The Morgan fingerprint density at radius 3 is 2.43 bits per heavy atom. The summed E-state index contributed by atoms with van der Waals surface area (Å²) in [5.41, 5.74) is -1.93. The van der Waals surface area contributed by atoms with Crippen LogP contribution in [0.3, 0.4) is 0 Å². The first-order chi connectivity index (χ1) is 14.3. The molecular formula is C18H15F2N5O5. The monoisotopic (exact) mass is 419 g/mol. The summed E-state index contributed by atoms with van der Waals surface area (Å²) in [5.74, 6) is -2.81. The summed E-state index contributed by atoms with van der Waals surface area (Å²) in [6, 6.07) is 4.60. The van der Waals surface area contributed by atoms with Gasteiger partial charge < -0.3 is 14.8 Å². The minimum absolute atomic E-state index is 0.0587. The minimum atomic E-state index is -1.17. The molecule has 10 nitrogen and oxygen atoms in total. The number of hydrogen-bond donors (Lipinski definition) is 1. The smallest absolute Gasteiger partial charge is 0.328 e. The molecule has 1 aromatic carbocycles. The molecule has 2 aromatic heterocycles. The van der Waals surface area contributed by atoms with Crippen molar-refractivity contribution in [3.63, 3.8) is 0 Å². The van der Waals surface area contributed by atoms with Gasteiger partial charge in [0.25, 0.3) is 5.91 Å². The molecule has 12 heteroatoms. The molecule has 0 saturated heterocycles. The second-order valence-electron chi connectivity index (χ2n) is 5.93. The van der Waals surface area contributed by atoms with E-state index < -0.39 is 39.5 Å². The second kappa shape index (κ2) is 8.11. The lowest BCUT2D eigenvalue weighted by Crippen LogP contribution is -2.16. The number of aromatic nitrogens is 3. The van der Waals surface area contributed by atoms with Crippen molar-refractivity contribution in [2.75, 3.05) is 19.5 Å². The van der Waals surface area contributed by atoms with Crippen molar-refractivity contribution in [1.82, 2.24) is 14.8 Å². The number of anilines is 1. The maximum atomic E-state index is 13.8. The Labute approximate surface area is 168 Å². The van der Waals surface area contributed by atoms with Crippen molar-refractivity contribution in [2.45, 2.75) is 0 Å². The molecule has 30 heavy (non-hydrogen) atoms. The molecule has 1 amide bonds. The Morgan fingerprint density at radius 2 is 1.87 bits per heavy atom. The molecule has 0 atom stereocenters. The maximum Gasteiger partial charge on any atom is 0.328 e. The van der Waals surface area contributed by atoms with Gasteiger partial charge >= 0.3 is 5.69 Å². The summed E-state index contributed by atoms with van der Waals surface area (Å²) in [7, 11) is 4.17. The quantitative estimate of drug-likeness (QED) is 0.482. The highest BCUT2D eigenvalue weighted by atomic mass is 19.1. The Balaban J connectivity index is 2.16. The number of methoxy groups -OCH3 is 2. The van der Waals surface area contributed by atoms with Gasteiger partial charge in [-0.2, -0.15) is 5.10 Å². The van der Waals surface area contributed by atoms with Crippen LogP contribution < -0.4 is 14.8 Å². The van der Waals surface area contributed by atoms with Gasteiger partial charge in [-0.3, -0.25) is 24.6 Å². The molecule has 0 radical (unpaired) electrons. The van der Waals surface area contributed by atoms with Crippen molar-refractivity contribution in [2.24, 2.45) is 7.05 Å². The maximum absolute atomic E-state index is 13.8. The van der Waals surface area contributed by atoms with Crippen LogP contribution in [-0.4, -0.2) is 39.8 Å². The molecule has 1 N–H and O–H groups in total. The van der Waals surface area contributed by atoms with Crippen molar-refractivity contribution in [3.8, 4) is 22.8 Å². The molecular weight excluding hydrogens is 404 g/mol. The summed E-state index contributed by atoms with van der Waals surface area (Å²) >= 11 is 0. The summed E-state index contributed by atoms with van der Waals surface area (Å²) < 4.78 is 39.1. The van der Waals surface area contributed by atoms with E-state index in [2.05, 4.69) is 10.1 Å². The number of nitrogens with one attached hydrogen (secondary N) is 1. The van der Waals surface area contributed by atoms with E-state index in [1.165, 1.54) is 33.4 Å². The third-order valence-electron chi connectivity index (χ3n) is 4.17. The lowest BCUT2D eigenvalue weighted by molar-refractivity contribution is -0.384. The van der Waals surface area contributed by atoms with Gasteiger partial charge in [0.05, 0.1) is 37.1 Å². The second-order valence-corrected chi connectivity index (χ2v) is 5.93. The van der Waals surface area contributed by atoms with E-state index >= 15 is 0 Å². The number of rotatable bonds is 6. The lowest BCUT2D eigenvalue weighted by Gasteiger charge is -2.10. The zero-order valence-electron chi connectivity index (χ0n) is 16.0. The van der Waals surface area contributed by atoms with Crippen LogP contribution >= 0.6 is 0 Å². The first kappa shape index (κ1) is 20.6. The fourth-order valence-electron chi connectivity index (χ4n) is 2.84. The molecule has 3 rings (SSSR count). The number of amides is 1. The third-order valence-corrected chi connectivity index (χ3v) is 4.17. The SMILES string of the molecule is COc1ccc(OC)c(-c2c([N+](=O)[O-])c(C(=O)Nc3c(F)cncc3F)nn2C)c1. The van der Waals surface area contributed by atoms with E-state index in [-0.39, 0.29) is 17.0 Å². The van der Waals surface area contributed by atoms with Crippen molar-refractivity contribution >= 4 is 17.3 Å². The number of nitrogens with zero attached hydrogens (tertiary/aromatic N) is 4. The number of benzene rings is 1. The molecule has 0 unspecified atom stereocenters. The summed E-state index contributed by atoms with van der Waals surface area (Å²) in [6.07, 6.45) is 1.39. The van der Waals surface area contributed by atoms with E-state index in [0.29, 0.717) is 18.1 Å². The molecule has 156 valence electrons.